The molecule has 1 heterocycles. The number of piperidine rings is 1. The van der Waals surface area contributed by atoms with Crippen LogP contribution in [0.15, 0.2) is 24.3 Å². The highest BCUT2D eigenvalue weighted by atomic mass is 16.5. The van der Waals surface area contributed by atoms with Crippen molar-refractivity contribution in [2.45, 2.75) is 51.4 Å². The molecule has 1 aromatic rings. The van der Waals surface area contributed by atoms with Crippen molar-refractivity contribution in [3.63, 3.8) is 0 Å². The van der Waals surface area contributed by atoms with Gasteiger partial charge >= 0.3 is 0 Å². The highest BCUT2D eigenvalue weighted by Gasteiger charge is 2.36. The first kappa shape index (κ1) is 15.0. The Balaban J connectivity index is 2.28. The third-order valence-electron chi connectivity index (χ3n) is 3.87. The van der Waals surface area contributed by atoms with E-state index in [1.807, 2.05) is 30.9 Å². The lowest BCUT2D eigenvalue weighted by Gasteiger charge is -2.42. The van der Waals surface area contributed by atoms with E-state index in [0.29, 0.717) is 13.0 Å². The molecule has 1 saturated heterocycles. The maximum absolute atomic E-state index is 12.2. The van der Waals surface area contributed by atoms with Gasteiger partial charge in [0.1, 0.15) is 0 Å². The molecule has 0 bridgehead atoms. The molecular formula is C16H24N2O2. The molecule has 2 atom stereocenters. The molecule has 4 nitrogen and oxygen atoms in total. The van der Waals surface area contributed by atoms with Gasteiger partial charge in [0.25, 0.3) is 0 Å². The minimum absolute atomic E-state index is 0.00313. The summed E-state index contributed by atoms with van der Waals surface area (Å²) in [7, 11) is 1.68. The average Bonchev–Trinajstić information content (AvgIpc) is 2.42. The Bertz CT molecular complexity index is 456. The molecule has 1 fully saturated rings. The molecule has 2 unspecified atom stereocenters. The van der Waals surface area contributed by atoms with Gasteiger partial charge in [-0.25, -0.2) is 0 Å². The number of nitrogens with two attached hydrogens (primary N) is 1. The van der Waals surface area contributed by atoms with Crippen LogP contribution in [-0.2, 0) is 16.1 Å². The molecule has 1 aliphatic rings. The topological polar surface area (TPSA) is 55.6 Å². The molecule has 2 rings (SSSR count). The lowest BCUT2D eigenvalue weighted by Crippen LogP contribution is -2.51. The van der Waals surface area contributed by atoms with Crippen molar-refractivity contribution in [3.05, 3.63) is 35.4 Å². The second-order valence-corrected chi connectivity index (χ2v) is 5.72. The summed E-state index contributed by atoms with van der Waals surface area (Å²) in [6, 6.07) is 8.36. The highest BCUT2D eigenvalue weighted by Crippen LogP contribution is 2.32. The van der Waals surface area contributed by atoms with E-state index < -0.39 is 0 Å². The van der Waals surface area contributed by atoms with Gasteiger partial charge < -0.3 is 15.4 Å². The van der Waals surface area contributed by atoms with E-state index >= 15 is 0 Å². The molecule has 2 N–H and O–H groups in total. The number of nitrogens with zero attached hydrogens (tertiary/aromatic N) is 1. The molecule has 1 amide bonds. The summed E-state index contributed by atoms with van der Waals surface area (Å²) in [6.45, 7) is 4.69. The second kappa shape index (κ2) is 6.37. The molecule has 0 aromatic heterocycles. The van der Waals surface area contributed by atoms with E-state index in [4.69, 9.17) is 10.5 Å². The predicted molar refractivity (Wildman–Crippen MR) is 79.1 cm³/mol. The van der Waals surface area contributed by atoms with Crippen LogP contribution >= 0.6 is 0 Å². The normalized spacial score (nSPS) is 23.4. The van der Waals surface area contributed by atoms with Crippen LogP contribution in [0.4, 0.5) is 0 Å². The number of rotatable bonds is 4. The Labute approximate surface area is 120 Å². The Morgan fingerprint density at radius 1 is 1.35 bits per heavy atom. The second-order valence-electron chi connectivity index (χ2n) is 5.72. The maximum Gasteiger partial charge on any atom is 0.223 e. The van der Waals surface area contributed by atoms with Gasteiger partial charge in [0.05, 0.1) is 12.6 Å². The zero-order chi connectivity index (χ0) is 14.7. The smallest absolute Gasteiger partial charge is 0.223 e. The van der Waals surface area contributed by atoms with Crippen molar-refractivity contribution >= 4 is 5.91 Å². The fraction of sp³-hybridized carbons (Fsp3) is 0.562. The van der Waals surface area contributed by atoms with Crippen molar-refractivity contribution in [1.29, 1.82) is 0 Å². The number of likely N-dealkylation sites (tertiary alicyclic amines) is 1. The molecule has 1 aromatic carbocycles. The minimum atomic E-state index is -0.0205. The summed E-state index contributed by atoms with van der Waals surface area (Å²) in [5, 5.41) is 0. The molecule has 20 heavy (non-hydrogen) atoms. The van der Waals surface area contributed by atoms with Gasteiger partial charge in [-0.2, -0.15) is 0 Å². The third-order valence-corrected chi connectivity index (χ3v) is 3.87. The van der Waals surface area contributed by atoms with Gasteiger partial charge in [0, 0.05) is 25.6 Å². The first-order chi connectivity index (χ1) is 9.54. The number of methoxy groups -OCH3 is 1. The van der Waals surface area contributed by atoms with Gasteiger partial charge in [-0.3, -0.25) is 4.79 Å². The van der Waals surface area contributed by atoms with Gasteiger partial charge in [-0.05, 0) is 31.4 Å². The van der Waals surface area contributed by atoms with E-state index in [0.717, 1.165) is 17.5 Å². The first-order valence-corrected chi connectivity index (χ1v) is 7.19. The Morgan fingerprint density at radius 2 is 2.00 bits per heavy atom. The van der Waals surface area contributed by atoms with Crippen molar-refractivity contribution in [2.75, 3.05) is 7.11 Å². The molecule has 0 radical (unpaired) electrons. The zero-order valence-corrected chi connectivity index (χ0v) is 12.5. The van der Waals surface area contributed by atoms with Crippen LogP contribution in [0.1, 0.15) is 43.9 Å². The van der Waals surface area contributed by atoms with Crippen molar-refractivity contribution in [1.82, 2.24) is 4.90 Å². The van der Waals surface area contributed by atoms with Gasteiger partial charge in [-0.1, -0.05) is 24.3 Å². The highest BCUT2D eigenvalue weighted by molar-refractivity contribution is 5.78. The maximum atomic E-state index is 12.2. The summed E-state index contributed by atoms with van der Waals surface area (Å²) in [4.78, 5) is 14.1. The van der Waals surface area contributed by atoms with Crippen molar-refractivity contribution < 1.29 is 9.53 Å². The summed E-state index contributed by atoms with van der Waals surface area (Å²) >= 11 is 0. The quantitative estimate of drug-likeness (QED) is 0.917. The van der Waals surface area contributed by atoms with Crippen molar-refractivity contribution in [3.8, 4) is 0 Å². The van der Waals surface area contributed by atoms with E-state index in [-0.39, 0.29) is 24.0 Å². The molecule has 0 spiro atoms. The van der Waals surface area contributed by atoms with Gasteiger partial charge in [0.15, 0.2) is 0 Å². The minimum Gasteiger partial charge on any atom is -0.380 e. The van der Waals surface area contributed by atoms with Crippen LogP contribution in [0.2, 0.25) is 0 Å². The molecule has 0 aliphatic carbocycles. The fourth-order valence-corrected chi connectivity index (χ4v) is 2.93. The van der Waals surface area contributed by atoms with E-state index in [2.05, 4.69) is 12.1 Å². The van der Waals surface area contributed by atoms with Gasteiger partial charge in [-0.15, -0.1) is 0 Å². The number of carbonyl (C=O) groups excluding carboxylic acids is 1. The van der Waals surface area contributed by atoms with Gasteiger partial charge in [0.2, 0.25) is 5.91 Å². The Hall–Kier alpha value is -1.39. The third kappa shape index (κ3) is 3.02. The number of carbonyl (C=O) groups is 1. The summed E-state index contributed by atoms with van der Waals surface area (Å²) in [6.07, 6.45) is 1.31. The lowest BCUT2D eigenvalue weighted by atomic mass is 9.89. The van der Waals surface area contributed by atoms with E-state index in [9.17, 15) is 4.79 Å². The summed E-state index contributed by atoms with van der Waals surface area (Å²) in [5.74, 6) is 0.202. The number of hydrogen-bond acceptors (Lipinski definition) is 3. The fourth-order valence-electron chi connectivity index (χ4n) is 2.93. The number of amides is 1. The van der Waals surface area contributed by atoms with Crippen LogP contribution < -0.4 is 5.73 Å². The predicted octanol–water partition coefficient (Wildman–Crippen LogP) is 2.23. The van der Waals surface area contributed by atoms with Crippen LogP contribution in [0.5, 0.6) is 0 Å². The number of hydrogen-bond donors (Lipinski definition) is 1. The average molecular weight is 276 g/mol. The molecular weight excluding hydrogens is 252 g/mol. The first-order valence-electron chi connectivity index (χ1n) is 7.19. The van der Waals surface area contributed by atoms with E-state index in [1.54, 1.807) is 7.11 Å². The van der Waals surface area contributed by atoms with Crippen LogP contribution in [0.3, 0.4) is 0 Å². The molecule has 4 heteroatoms. The SMILES string of the molecule is COCc1ccc(C2C(N)CCC(=O)N2C(C)C)cc1. The molecule has 0 saturated carbocycles. The summed E-state index contributed by atoms with van der Waals surface area (Å²) < 4.78 is 5.12. The standard InChI is InChI=1S/C16H24N2O2/c1-11(2)18-15(19)9-8-14(17)16(18)13-6-4-12(5-7-13)10-20-3/h4-7,11,14,16H,8-10,17H2,1-3H3. The molecule has 110 valence electrons. The largest absolute Gasteiger partial charge is 0.380 e. The van der Waals surface area contributed by atoms with Crippen LogP contribution in [0.25, 0.3) is 0 Å². The number of ether oxygens (including phenoxy) is 1. The monoisotopic (exact) mass is 276 g/mol. The Morgan fingerprint density at radius 3 is 2.55 bits per heavy atom. The lowest BCUT2D eigenvalue weighted by molar-refractivity contribution is -0.139. The molecule has 1 aliphatic heterocycles. The number of benzene rings is 1. The van der Waals surface area contributed by atoms with E-state index in [1.165, 1.54) is 0 Å². The van der Waals surface area contributed by atoms with Crippen molar-refractivity contribution in [2.24, 2.45) is 5.73 Å². The van der Waals surface area contributed by atoms with Crippen LogP contribution in [-0.4, -0.2) is 30.0 Å². The van der Waals surface area contributed by atoms with Crippen LogP contribution in [0, 0.1) is 0 Å². The summed E-state index contributed by atoms with van der Waals surface area (Å²) in [5.41, 5.74) is 8.52. The Kier molecular flexibility index (Phi) is 4.78. The zero-order valence-electron chi connectivity index (χ0n) is 12.5.